The van der Waals surface area contributed by atoms with Gasteiger partial charge >= 0.3 is 5.97 Å². The number of ether oxygens (including phenoxy) is 1. The van der Waals surface area contributed by atoms with E-state index in [1.165, 1.54) is 0 Å². The molecule has 1 amide bonds. The third-order valence-corrected chi connectivity index (χ3v) is 4.28. The first-order valence-corrected chi connectivity index (χ1v) is 9.12. The fourth-order valence-corrected chi connectivity index (χ4v) is 2.75. The zero-order chi connectivity index (χ0) is 19.8. The maximum atomic E-state index is 12.1. The Bertz CT molecular complexity index is 792. The Hall–Kier alpha value is -2.28. The number of hydrogen-bond acceptors (Lipinski definition) is 5. The van der Waals surface area contributed by atoms with Crippen molar-refractivity contribution in [1.29, 1.82) is 0 Å². The number of carbonyl (C=O) groups is 2. The lowest BCUT2D eigenvalue weighted by Crippen LogP contribution is -2.39. The van der Waals surface area contributed by atoms with Gasteiger partial charge in [-0.3, -0.25) is 9.59 Å². The summed E-state index contributed by atoms with van der Waals surface area (Å²) in [7, 11) is 0. The van der Waals surface area contributed by atoms with Gasteiger partial charge in [-0.15, -0.1) is 0 Å². The predicted molar refractivity (Wildman–Crippen MR) is 108 cm³/mol. The summed E-state index contributed by atoms with van der Waals surface area (Å²) in [5.74, 6) is -0.707. The zero-order valence-electron chi connectivity index (χ0n) is 14.8. The van der Waals surface area contributed by atoms with E-state index in [4.69, 9.17) is 33.7 Å². The molecule has 0 saturated carbocycles. The Morgan fingerprint density at radius 3 is 2.44 bits per heavy atom. The summed E-state index contributed by atoms with van der Waals surface area (Å²) in [6.45, 7) is 1.86. The maximum absolute atomic E-state index is 12.1. The number of rotatable bonds is 8. The smallest absolute Gasteiger partial charge is 0.310 e. The van der Waals surface area contributed by atoms with Gasteiger partial charge in [0.25, 0.3) is 0 Å². The highest BCUT2D eigenvalue weighted by Crippen LogP contribution is 2.33. The second kappa shape index (κ2) is 10.2. The summed E-state index contributed by atoms with van der Waals surface area (Å²) in [5, 5.41) is 6.69. The SMILES string of the molecule is C[C@H](N)C(=O)NCCOC(=O)Cc1ccccc1Nc1c(Cl)cccc1Cl. The minimum atomic E-state index is -0.602. The molecule has 4 N–H and O–H groups in total. The van der Waals surface area contributed by atoms with E-state index in [-0.39, 0.29) is 25.5 Å². The number of halogens is 2. The third-order valence-electron chi connectivity index (χ3n) is 3.65. The van der Waals surface area contributed by atoms with Crippen LogP contribution >= 0.6 is 23.2 Å². The van der Waals surface area contributed by atoms with Crippen LogP contribution in [-0.4, -0.2) is 31.1 Å². The van der Waals surface area contributed by atoms with Crippen LogP contribution in [0, 0.1) is 0 Å². The van der Waals surface area contributed by atoms with Gasteiger partial charge in [-0.05, 0) is 30.7 Å². The fourth-order valence-electron chi connectivity index (χ4n) is 2.25. The lowest BCUT2D eigenvalue weighted by atomic mass is 10.1. The van der Waals surface area contributed by atoms with Crippen LogP contribution in [-0.2, 0) is 20.7 Å². The van der Waals surface area contributed by atoms with Gasteiger partial charge < -0.3 is 21.1 Å². The normalized spacial score (nSPS) is 11.6. The van der Waals surface area contributed by atoms with Crippen LogP contribution < -0.4 is 16.4 Å². The summed E-state index contributed by atoms with van der Waals surface area (Å²) < 4.78 is 5.15. The van der Waals surface area contributed by atoms with Gasteiger partial charge in [0.15, 0.2) is 0 Å². The van der Waals surface area contributed by atoms with Gasteiger partial charge in [-0.1, -0.05) is 47.5 Å². The molecule has 6 nitrogen and oxygen atoms in total. The van der Waals surface area contributed by atoms with E-state index in [1.807, 2.05) is 24.3 Å². The van der Waals surface area contributed by atoms with Crippen LogP contribution in [0.15, 0.2) is 42.5 Å². The number of esters is 1. The van der Waals surface area contributed by atoms with E-state index < -0.39 is 12.0 Å². The number of benzene rings is 2. The average Bonchev–Trinajstić information content (AvgIpc) is 2.63. The van der Waals surface area contributed by atoms with E-state index in [2.05, 4.69) is 10.6 Å². The number of nitrogens with two attached hydrogens (primary N) is 1. The van der Waals surface area contributed by atoms with Gasteiger partial charge in [0.1, 0.15) is 6.61 Å². The highest BCUT2D eigenvalue weighted by atomic mass is 35.5. The van der Waals surface area contributed by atoms with Crippen LogP contribution in [0.4, 0.5) is 11.4 Å². The number of carbonyl (C=O) groups excluding carboxylic acids is 2. The topological polar surface area (TPSA) is 93.5 Å². The molecule has 27 heavy (non-hydrogen) atoms. The largest absolute Gasteiger partial charge is 0.464 e. The highest BCUT2D eigenvalue weighted by molar-refractivity contribution is 6.39. The molecule has 144 valence electrons. The number of amides is 1. The molecular weight excluding hydrogens is 389 g/mol. The Kier molecular flexibility index (Phi) is 7.91. The molecule has 0 fully saturated rings. The van der Waals surface area contributed by atoms with E-state index in [9.17, 15) is 9.59 Å². The second-order valence-electron chi connectivity index (χ2n) is 5.86. The van der Waals surface area contributed by atoms with Crippen molar-refractivity contribution in [2.75, 3.05) is 18.5 Å². The van der Waals surface area contributed by atoms with Crippen molar-refractivity contribution in [2.45, 2.75) is 19.4 Å². The summed E-state index contributed by atoms with van der Waals surface area (Å²) in [6, 6.07) is 11.9. The van der Waals surface area contributed by atoms with Crippen LogP contribution in [0.2, 0.25) is 10.0 Å². The Morgan fingerprint density at radius 2 is 1.78 bits per heavy atom. The van der Waals surface area contributed by atoms with Gasteiger partial charge in [0, 0.05) is 5.69 Å². The van der Waals surface area contributed by atoms with E-state index >= 15 is 0 Å². The molecule has 2 aromatic carbocycles. The van der Waals surface area contributed by atoms with E-state index in [0.29, 0.717) is 21.4 Å². The predicted octanol–water partition coefficient (Wildman–Crippen LogP) is 3.29. The van der Waals surface area contributed by atoms with Crippen LogP contribution in [0.25, 0.3) is 0 Å². The molecule has 0 aliphatic heterocycles. The monoisotopic (exact) mass is 409 g/mol. The molecule has 2 aromatic rings. The van der Waals surface area contributed by atoms with Crippen LogP contribution in [0.3, 0.4) is 0 Å². The Balaban J connectivity index is 1.95. The van der Waals surface area contributed by atoms with Crippen LogP contribution in [0.5, 0.6) is 0 Å². The second-order valence-corrected chi connectivity index (χ2v) is 6.67. The number of nitrogens with one attached hydrogen (secondary N) is 2. The van der Waals surface area contributed by atoms with Crippen molar-refractivity contribution >= 4 is 46.5 Å². The minimum absolute atomic E-state index is 0.0620. The van der Waals surface area contributed by atoms with Crippen molar-refractivity contribution in [2.24, 2.45) is 5.73 Å². The third kappa shape index (κ3) is 6.43. The van der Waals surface area contributed by atoms with Crippen molar-refractivity contribution < 1.29 is 14.3 Å². The molecule has 0 saturated heterocycles. The summed E-state index contributed by atoms with van der Waals surface area (Å²) in [4.78, 5) is 23.4. The molecule has 2 rings (SSSR count). The first kappa shape index (κ1) is 21.0. The fraction of sp³-hybridized carbons (Fsp3) is 0.263. The first-order chi connectivity index (χ1) is 12.9. The molecule has 0 aliphatic rings. The maximum Gasteiger partial charge on any atom is 0.310 e. The molecule has 0 aliphatic carbocycles. The molecule has 0 bridgehead atoms. The van der Waals surface area contributed by atoms with Crippen molar-refractivity contribution in [1.82, 2.24) is 5.32 Å². The molecule has 8 heteroatoms. The minimum Gasteiger partial charge on any atom is -0.464 e. The Morgan fingerprint density at radius 1 is 1.11 bits per heavy atom. The van der Waals surface area contributed by atoms with E-state index in [0.717, 1.165) is 5.56 Å². The van der Waals surface area contributed by atoms with Crippen molar-refractivity contribution in [3.05, 3.63) is 58.1 Å². The number of hydrogen-bond donors (Lipinski definition) is 3. The summed E-state index contributed by atoms with van der Waals surface area (Å²) in [5.41, 5.74) is 7.44. The lowest BCUT2D eigenvalue weighted by molar-refractivity contribution is -0.143. The summed E-state index contributed by atoms with van der Waals surface area (Å²) in [6.07, 6.45) is 0.0620. The first-order valence-electron chi connectivity index (χ1n) is 8.36. The molecular formula is C19H21Cl2N3O3. The average molecular weight is 410 g/mol. The van der Waals surface area contributed by atoms with Gasteiger partial charge in [0.05, 0.1) is 34.7 Å². The summed E-state index contributed by atoms with van der Waals surface area (Å²) >= 11 is 12.4. The quantitative estimate of drug-likeness (QED) is 0.459. The zero-order valence-corrected chi connectivity index (χ0v) is 16.3. The molecule has 0 unspecified atom stereocenters. The molecule has 0 heterocycles. The number of para-hydroxylation sites is 2. The molecule has 0 spiro atoms. The Labute approximate surface area is 168 Å². The molecule has 0 radical (unpaired) electrons. The lowest BCUT2D eigenvalue weighted by Gasteiger charge is -2.14. The molecule has 1 atom stereocenters. The van der Waals surface area contributed by atoms with Gasteiger partial charge in [-0.2, -0.15) is 0 Å². The molecule has 0 aromatic heterocycles. The van der Waals surface area contributed by atoms with Crippen molar-refractivity contribution in [3.63, 3.8) is 0 Å². The van der Waals surface area contributed by atoms with E-state index in [1.54, 1.807) is 25.1 Å². The number of anilines is 2. The van der Waals surface area contributed by atoms with Gasteiger partial charge in [-0.25, -0.2) is 0 Å². The standard InChI is InChI=1S/C19H21Cl2N3O3/c1-12(22)19(26)23-9-10-27-17(25)11-13-5-2-3-8-16(13)24-18-14(20)6-4-7-15(18)21/h2-8,12,24H,9-11,22H2,1H3,(H,23,26)/t12-/m0/s1. The van der Waals surface area contributed by atoms with Crippen LogP contribution in [0.1, 0.15) is 12.5 Å². The highest BCUT2D eigenvalue weighted by Gasteiger charge is 2.12. The van der Waals surface area contributed by atoms with Gasteiger partial charge in [0.2, 0.25) is 5.91 Å². The van der Waals surface area contributed by atoms with Crippen molar-refractivity contribution in [3.8, 4) is 0 Å².